The van der Waals surface area contributed by atoms with Crippen molar-refractivity contribution in [3.8, 4) is 28.2 Å². The number of hydrogen-bond donors (Lipinski definition) is 0. The maximum absolute atomic E-state index is 8.59. The maximum Gasteiger partial charge on any atom is 0.145 e. The molecule has 212 valence electrons. The highest BCUT2D eigenvalue weighted by Gasteiger charge is 2.24. The van der Waals surface area contributed by atoms with Gasteiger partial charge in [-0.05, 0) is 111 Å². The molecule has 0 N–H and O–H groups in total. The highest BCUT2D eigenvalue weighted by molar-refractivity contribution is 6.11. The third kappa shape index (κ3) is 4.44. The second-order valence-electron chi connectivity index (χ2n) is 12.0. The van der Waals surface area contributed by atoms with Crippen molar-refractivity contribution in [2.45, 2.75) is 53.2 Å². The third-order valence-electron chi connectivity index (χ3n) is 8.59. The van der Waals surface area contributed by atoms with E-state index in [0.717, 1.165) is 27.8 Å². The molecule has 43 heavy (non-hydrogen) atoms. The van der Waals surface area contributed by atoms with E-state index in [2.05, 4.69) is 74.7 Å². The Labute approximate surface area is 263 Å². The molecule has 0 bridgehead atoms. The van der Waals surface area contributed by atoms with E-state index in [1.165, 1.54) is 11.1 Å². The lowest BCUT2D eigenvalue weighted by Gasteiger charge is -2.24. The van der Waals surface area contributed by atoms with E-state index in [4.69, 9.17) is 13.2 Å². The van der Waals surface area contributed by atoms with Crippen molar-refractivity contribution in [2.24, 2.45) is 0 Å². The highest BCUT2D eigenvalue weighted by Crippen LogP contribution is 2.41. The van der Waals surface area contributed by atoms with Crippen molar-refractivity contribution in [2.75, 3.05) is 0 Å². The minimum absolute atomic E-state index is 0.123. The fourth-order valence-electron chi connectivity index (χ4n) is 6.39. The van der Waals surface area contributed by atoms with Crippen molar-refractivity contribution in [3.05, 3.63) is 131 Å². The minimum atomic E-state index is -2.67. The number of imidazole rings is 1. The molecule has 0 saturated heterocycles. The maximum atomic E-state index is 8.59. The molecular weight excluding hydrogens is 520 g/mol. The van der Waals surface area contributed by atoms with E-state index in [0.29, 0.717) is 32.9 Å². The fraction of sp³-hybridized carbons (Fsp3) is 0.195. The predicted molar refractivity (Wildman–Crippen MR) is 185 cm³/mol. The first-order chi connectivity index (χ1) is 23.3. The van der Waals surface area contributed by atoms with Crippen molar-refractivity contribution in [1.29, 1.82) is 0 Å². The largest absolute Gasteiger partial charge is 0.292 e. The Morgan fingerprint density at radius 3 is 1.86 bits per heavy atom. The molecule has 0 fully saturated rings. The second-order valence-corrected chi connectivity index (χ2v) is 12.0. The summed E-state index contributed by atoms with van der Waals surface area (Å²) in [6.07, 6.45) is 0. The highest BCUT2D eigenvalue weighted by atomic mass is 15.1. The molecule has 0 aliphatic heterocycles. The zero-order valence-corrected chi connectivity index (χ0v) is 24.9. The molecule has 6 aromatic carbocycles. The average Bonchev–Trinajstić information content (AvgIpc) is 3.45. The van der Waals surface area contributed by atoms with E-state index < -0.39 is 13.7 Å². The van der Waals surface area contributed by atoms with Gasteiger partial charge in [0.2, 0.25) is 0 Å². The van der Waals surface area contributed by atoms with Gasteiger partial charge in [0.05, 0.1) is 16.7 Å². The molecular formula is C41H38N2. The molecule has 1 aromatic heterocycles. The Kier molecular flexibility index (Phi) is 5.17. The van der Waals surface area contributed by atoms with E-state index in [9.17, 15) is 0 Å². The zero-order chi connectivity index (χ0) is 34.8. The van der Waals surface area contributed by atoms with Gasteiger partial charge in [0.25, 0.3) is 0 Å². The van der Waals surface area contributed by atoms with Gasteiger partial charge in [-0.2, -0.15) is 0 Å². The summed E-state index contributed by atoms with van der Waals surface area (Å²) in [5, 5.41) is 2.23. The SMILES string of the molecule is [2H]C([2H])([2H])c1c(C([2H])([2H])[2H])c2cc(-c3nc4ccccc4n3-c3c(C(C)C)cc(-c4ccccc4)cc3C(C)C)ccc2c2ccccc12. The van der Waals surface area contributed by atoms with E-state index in [1.54, 1.807) is 12.1 Å². The molecule has 7 rings (SSSR count). The fourth-order valence-corrected chi connectivity index (χ4v) is 6.39. The number of nitrogens with zero attached hydrogens (tertiary/aromatic N) is 2. The smallest absolute Gasteiger partial charge is 0.145 e. The van der Waals surface area contributed by atoms with Gasteiger partial charge in [0.15, 0.2) is 0 Å². The van der Waals surface area contributed by atoms with Gasteiger partial charge >= 0.3 is 0 Å². The Morgan fingerprint density at radius 1 is 0.558 bits per heavy atom. The first kappa shape index (κ1) is 21.1. The topological polar surface area (TPSA) is 17.8 Å². The molecule has 0 amide bonds. The molecule has 0 aliphatic rings. The number of rotatable bonds is 5. The van der Waals surface area contributed by atoms with Gasteiger partial charge in [-0.15, -0.1) is 0 Å². The van der Waals surface area contributed by atoms with E-state index in [1.807, 2.05) is 54.6 Å². The monoisotopic (exact) mass is 564 g/mol. The summed E-state index contributed by atoms with van der Waals surface area (Å²) in [4.78, 5) is 5.18. The Hall–Kier alpha value is -4.69. The number of para-hydroxylation sites is 2. The molecule has 0 aliphatic carbocycles. The Bertz CT molecular complexity index is 2330. The van der Waals surface area contributed by atoms with Crippen LogP contribution < -0.4 is 0 Å². The van der Waals surface area contributed by atoms with Gasteiger partial charge in [0.1, 0.15) is 5.82 Å². The Morgan fingerprint density at radius 2 is 1.16 bits per heavy atom. The van der Waals surface area contributed by atoms with Gasteiger partial charge in [-0.1, -0.05) is 107 Å². The summed E-state index contributed by atoms with van der Waals surface area (Å²) in [5.74, 6) is 1.02. The van der Waals surface area contributed by atoms with Crippen LogP contribution in [-0.2, 0) is 0 Å². The molecule has 0 radical (unpaired) electrons. The summed E-state index contributed by atoms with van der Waals surface area (Å²) in [6, 6.07) is 35.9. The number of aryl methyl sites for hydroxylation is 2. The van der Waals surface area contributed by atoms with Gasteiger partial charge < -0.3 is 0 Å². The van der Waals surface area contributed by atoms with E-state index >= 15 is 0 Å². The molecule has 0 unspecified atom stereocenters. The summed E-state index contributed by atoms with van der Waals surface area (Å²) >= 11 is 0. The molecule has 0 saturated carbocycles. The normalized spacial score (nSPS) is 14.6. The van der Waals surface area contributed by atoms with Crippen LogP contribution in [-0.4, -0.2) is 9.55 Å². The van der Waals surface area contributed by atoms with Crippen LogP contribution >= 0.6 is 0 Å². The van der Waals surface area contributed by atoms with Crippen molar-refractivity contribution in [3.63, 3.8) is 0 Å². The molecule has 1 heterocycles. The summed E-state index contributed by atoms with van der Waals surface area (Å²) in [6.45, 7) is 3.51. The quantitative estimate of drug-likeness (QED) is 0.190. The van der Waals surface area contributed by atoms with E-state index in [-0.39, 0.29) is 23.0 Å². The standard InChI is InChI=1S/C41H38N2/c1-25(2)35-23-31(29-14-8-7-9-15-29)24-36(26(3)4)40(35)43-39-19-13-12-18-38(39)42-41(43)30-20-21-34-33-17-11-10-16-32(33)27(5)28(6)37(34)22-30/h7-26H,1-6H3/i5D3,6D3. The van der Waals surface area contributed by atoms with Crippen LogP contribution in [0.5, 0.6) is 0 Å². The summed E-state index contributed by atoms with van der Waals surface area (Å²) < 4.78 is 53.4. The van der Waals surface area contributed by atoms with Crippen LogP contribution in [0.2, 0.25) is 0 Å². The first-order valence-corrected chi connectivity index (χ1v) is 15.0. The molecule has 7 aromatic rings. The number of benzene rings is 6. The van der Waals surface area contributed by atoms with Gasteiger partial charge in [-0.3, -0.25) is 4.57 Å². The number of hydrogen-bond acceptors (Lipinski definition) is 1. The molecule has 0 spiro atoms. The Balaban J connectivity index is 1.60. The van der Waals surface area contributed by atoms with Crippen LogP contribution in [0.3, 0.4) is 0 Å². The van der Waals surface area contributed by atoms with Crippen LogP contribution in [0.15, 0.2) is 109 Å². The van der Waals surface area contributed by atoms with Crippen LogP contribution in [0, 0.1) is 13.7 Å². The second kappa shape index (κ2) is 10.5. The van der Waals surface area contributed by atoms with Gasteiger partial charge in [-0.25, -0.2) is 4.98 Å². The lowest BCUT2D eigenvalue weighted by molar-refractivity contribution is 0.811. The zero-order valence-electron chi connectivity index (χ0n) is 30.9. The summed E-state index contributed by atoms with van der Waals surface area (Å²) in [7, 11) is 0. The lowest BCUT2D eigenvalue weighted by atomic mass is 9.88. The molecule has 2 heteroatoms. The number of fused-ring (bicyclic) bond motifs is 4. The molecule has 0 atom stereocenters. The first-order valence-electron chi connectivity index (χ1n) is 18.0. The van der Waals surface area contributed by atoms with Crippen LogP contribution in [0.25, 0.3) is 60.8 Å². The molecule has 2 nitrogen and oxygen atoms in total. The van der Waals surface area contributed by atoms with Crippen LogP contribution in [0.4, 0.5) is 0 Å². The lowest BCUT2D eigenvalue weighted by Crippen LogP contribution is -2.09. The van der Waals surface area contributed by atoms with Crippen molar-refractivity contribution >= 4 is 32.6 Å². The average molecular weight is 565 g/mol. The number of aromatic nitrogens is 2. The van der Waals surface area contributed by atoms with Crippen molar-refractivity contribution < 1.29 is 8.22 Å². The van der Waals surface area contributed by atoms with Gasteiger partial charge in [0, 0.05) is 13.8 Å². The van der Waals surface area contributed by atoms with Crippen molar-refractivity contribution in [1.82, 2.24) is 9.55 Å². The predicted octanol–water partition coefficient (Wildman–Crippen LogP) is 11.5. The third-order valence-corrected chi connectivity index (χ3v) is 8.59. The summed E-state index contributed by atoms with van der Waals surface area (Å²) in [5.41, 5.74) is 7.91. The van der Waals surface area contributed by atoms with Crippen LogP contribution in [0.1, 0.15) is 70.0 Å². The minimum Gasteiger partial charge on any atom is -0.292 e.